The molecule has 0 aliphatic rings. The maximum Gasteiger partial charge on any atom is 0.347 e. The van der Waals surface area contributed by atoms with Crippen LogP contribution >= 0.6 is 23.5 Å². The van der Waals surface area contributed by atoms with Crippen LogP contribution in [0.4, 0.5) is 0 Å². The predicted octanol–water partition coefficient (Wildman–Crippen LogP) is 12.2. The Balaban J connectivity index is 1.67. The minimum absolute atomic E-state index is 0.146. The lowest BCUT2D eigenvalue weighted by atomic mass is 9.79. The van der Waals surface area contributed by atoms with E-state index in [1.165, 1.54) is 0 Å². The van der Waals surface area contributed by atoms with Crippen molar-refractivity contribution in [1.29, 1.82) is 0 Å². The highest BCUT2D eigenvalue weighted by molar-refractivity contribution is 8.16. The number of hydrogen-bond donors (Lipinski definition) is 1. The van der Waals surface area contributed by atoms with Gasteiger partial charge in [-0.05, 0) is 76.6 Å². The Labute approximate surface area is 313 Å². The number of phenols is 1. The van der Waals surface area contributed by atoms with Gasteiger partial charge in [0.25, 0.3) is 0 Å². The van der Waals surface area contributed by atoms with Crippen molar-refractivity contribution in [3.05, 3.63) is 112 Å². The molecule has 0 heterocycles. The fourth-order valence-electron chi connectivity index (χ4n) is 5.74. The van der Waals surface area contributed by atoms with Crippen molar-refractivity contribution in [2.45, 2.75) is 121 Å². The summed E-state index contributed by atoms with van der Waals surface area (Å²) in [5, 5.41) is 12.0. The van der Waals surface area contributed by atoms with Gasteiger partial charge in [0, 0.05) is 37.1 Å². The third kappa shape index (κ3) is 9.81. The summed E-state index contributed by atoms with van der Waals surface area (Å²) in [6, 6.07) is 22.4. The number of ether oxygens (including phenoxy) is 2. The summed E-state index contributed by atoms with van der Waals surface area (Å²) in [6.45, 7) is 27.3. The normalized spacial score (nSPS) is 12.5. The molecular weight excluding hydrogens is 673 g/mol. The first kappa shape index (κ1) is 40.1. The van der Waals surface area contributed by atoms with Gasteiger partial charge in [0.2, 0.25) is 0 Å². The van der Waals surface area contributed by atoms with Crippen LogP contribution < -0.4 is 9.47 Å². The highest BCUT2D eigenvalue weighted by Crippen LogP contribution is 2.45. The lowest BCUT2D eigenvalue weighted by Crippen LogP contribution is -2.23. The molecule has 0 unspecified atom stereocenters. The first-order chi connectivity index (χ1) is 23.5. The molecule has 0 spiro atoms. The number of para-hydroxylation sites is 1. The van der Waals surface area contributed by atoms with E-state index in [-0.39, 0.29) is 33.0 Å². The molecule has 1 N–H and O–H groups in total. The van der Waals surface area contributed by atoms with Crippen molar-refractivity contribution >= 4 is 35.5 Å². The van der Waals surface area contributed by atoms with E-state index in [1.54, 1.807) is 59.9 Å². The second kappa shape index (κ2) is 15.1. The lowest BCUT2D eigenvalue weighted by Gasteiger charge is -2.30. The van der Waals surface area contributed by atoms with E-state index >= 15 is 0 Å². The molecule has 0 atom stereocenters. The van der Waals surface area contributed by atoms with E-state index in [0.29, 0.717) is 17.1 Å². The maximum absolute atomic E-state index is 14.0. The molecule has 0 aliphatic carbocycles. The molecule has 4 rings (SSSR count). The van der Waals surface area contributed by atoms with Crippen LogP contribution in [-0.4, -0.2) is 22.1 Å². The first-order valence-corrected chi connectivity index (χ1v) is 19.4. The predicted molar refractivity (Wildman–Crippen MR) is 213 cm³/mol. The van der Waals surface area contributed by atoms with Crippen LogP contribution in [-0.2, 0) is 21.7 Å². The zero-order valence-corrected chi connectivity index (χ0v) is 34.2. The lowest BCUT2D eigenvalue weighted by molar-refractivity contribution is 0.0703. The number of esters is 2. The average molecular weight is 727 g/mol. The van der Waals surface area contributed by atoms with Gasteiger partial charge in [-0.15, -0.1) is 23.5 Å². The van der Waals surface area contributed by atoms with Crippen LogP contribution in [0.2, 0.25) is 0 Å². The zero-order chi connectivity index (χ0) is 38.1. The molecule has 0 saturated carbocycles. The Morgan fingerprint density at radius 1 is 0.569 bits per heavy atom. The van der Waals surface area contributed by atoms with E-state index in [9.17, 15) is 14.7 Å². The minimum Gasteiger partial charge on any atom is -0.507 e. The fourth-order valence-corrected chi connectivity index (χ4v) is 7.87. The maximum atomic E-state index is 14.0. The molecule has 0 radical (unpaired) electrons. The van der Waals surface area contributed by atoms with Crippen molar-refractivity contribution in [3.8, 4) is 17.2 Å². The highest BCUT2D eigenvalue weighted by atomic mass is 32.2. The van der Waals surface area contributed by atoms with Gasteiger partial charge >= 0.3 is 11.9 Å². The SMILES string of the molecule is Cc1ccccc1C(=O)Oc1ccccc1C(=O)Oc1c(C(C)(C)C)cc(SCSc2cc(C(C)(C)C)c(O)c(C(C)(C)C)c2)cc1C(C)(C)C. The average Bonchev–Trinajstić information content (AvgIpc) is 3.00. The van der Waals surface area contributed by atoms with Gasteiger partial charge < -0.3 is 14.6 Å². The molecular formula is C44H54O5S2. The van der Waals surface area contributed by atoms with Crippen LogP contribution in [0, 0.1) is 6.92 Å². The molecule has 0 saturated heterocycles. The number of carbonyl (C=O) groups is 2. The van der Waals surface area contributed by atoms with E-state index < -0.39 is 11.9 Å². The molecule has 0 aliphatic heterocycles. The van der Waals surface area contributed by atoms with Gasteiger partial charge in [0.05, 0.1) is 5.56 Å². The Kier molecular flexibility index (Phi) is 11.9. The van der Waals surface area contributed by atoms with Gasteiger partial charge in [-0.1, -0.05) is 113 Å². The number of aromatic hydroxyl groups is 1. The standard InChI is InChI=1S/C44H54O5S2/c1-27-18-14-15-19-30(27)39(46)48-36-21-17-16-20-31(36)40(47)49-38-34(43(8,9)10)24-29(25-35(38)44(11,12)13)51-26-50-28-22-32(41(2,3)4)37(45)33(23-28)42(5,6)7/h14-25,45H,26H2,1-13H3. The number of hydrogen-bond acceptors (Lipinski definition) is 7. The van der Waals surface area contributed by atoms with Crippen LogP contribution in [0.3, 0.4) is 0 Å². The second-order valence-corrected chi connectivity index (χ2v) is 19.7. The van der Waals surface area contributed by atoms with Crippen LogP contribution in [0.25, 0.3) is 0 Å². The third-order valence-corrected chi connectivity index (χ3v) is 10.8. The Morgan fingerprint density at radius 2 is 0.961 bits per heavy atom. The van der Waals surface area contributed by atoms with Crippen molar-refractivity contribution < 1.29 is 24.2 Å². The summed E-state index contributed by atoms with van der Waals surface area (Å²) in [7, 11) is 0. The summed E-state index contributed by atoms with van der Waals surface area (Å²) in [4.78, 5) is 29.3. The number of thioether (sulfide) groups is 2. The van der Waals surface area contributed by atoms with Crippen molar-refractivity contribution in [2.75, 3.05) is 5.08 Å². The minimum atomic E-state index is -0.591. The molecule has 0 amide bonds. The number of carbonyl (C=O) groups excluding carboxylic acids is 2. The van der Waals surface area contributed by atoms with Gasteiger partial charge in [-0.25, -0.2) is 9.59 Å². The number of phenolic OH excluding ortho intramolecular Hbond substituents is 1. The largest absolute Gasteiger partial charge is 0.507 e. The number of aryl methyl sites for hydroxylation is 1. The molecule has 51 heavy (non-hydrogen) atoms. The summed E-state index contributed by atoms with van der Waals surface area (Å²) in [5.74, 6) is -0.0659. The van der Waals surface area contributed by atoms with Gasteiger partial charge in [0.15, 0.2) is 0 Å². The molecule has 4 aromatic carbocycles. The Morgan fingerprint density at radius 3 is 1.41 bits per heavy atom. The smallest absolute Gasteiger partial charge is 0.347 e. The van der Waals surface area contributed by atoms with Gasteiger partial charge in [-0.2, -0.15) is 0 Å². The summed E-state index contributed by atoms with van der Waals surface area (Å²) in [6.07, 6.45) is 0. The fraction of sp³-hybridized carbons (Fsp3) is 0.409. The molecule has 5 nitrogen and oxygen atoms in total. The van der Waals surface area contributed by atoms with Crippen molar-refractivity contribution in [3.63, 3.8) is 0 Å². The van der Waals surface area contributed by atoms with Crippen molar-refractivity contribution in [1.82, 2.24) is 0 Å². The molecule has 0 bridgehead atoms. The highest BCUT2D eigenvalue weighted by Gasteiger charge is 2.31. The Hall–Kier alpha value is -3.68. The number of rotatable bonds is 8. The van der Waals surface area contributed by atoms with Crippen molar-refractivity contribution in [2.24, 2.45) is 0 Å². The van der Waals surface area contributed by atoms with E-state index in [1.807, 2.05) is 19.1 Å². The second-order valence-electron chi connectivity index (χ2n) is 17.2. The molecule has 7 heteroatoms. The summed E-state index contributed by atoms with van der Waals surface area (Å²) >= 11 is 3.50. The van der Waals surface area contributed by atoms with Crippen LogP contribution in [0.15, 0.2) is 82.6 Å². The van der Waals surface area contributed by atoms with Crippen LogP contribution in [0.1, 0.15) is 132 Å². The van der Waals surface area contributed by atoms with E-state index in [0.717, 1.165) is 42.7 Å². The van der Waals surface area contributed by atoms with Gasteiger partial charge in [-0.3, -0.25) is 0 Å². The van der Waals surface area contributed by atoms with E-state index in [2.05, 4.69) is 107 Å². The summed E-state index contributed by atoms with van der Waals surface area (Å²) in [5.41, 5.74) is 4.03. The van der Waals surface area contributed by atoms with Gasteiger partial charge in [0.1, 0.15) is 22.8 Å². The molecule has 0 aromatic heterocycles. The zero-order valence-electron chi connectivity index (χ0n) is 32.5. The Bertz CT molecular complexity index is 1840. The first-order valence-electron chi connectivity index (χ1n) is 17.4. The molecule has 4 aromatic rings. The molecule has 272 valence electrons. The monoisotopic (exact) mass is 726 g/mol. The molecule has 0 fully saturated rings. The van der Waals surface area contributed by atoms with Crippen LogP contribution in [0.5, 0.6) is 17.2 Å². The number of benzene rings is 4. The summed E-state index contributed by atoms with van der Waals surface area (Å²) < 4.78 is 12.1. The topological polar surface area (TPSA) is 72.8 Å². The third-order valence-electron chi connectivity index (χ3n) is 8.70. The van der Waals surface area contributed by atoms with E-state index in [4.69, 9.17) is 9.47 Å². The quantitative estimate of drug-likeness (QED) is 0.0838.